The Hall–Kier alpha value is -2.05. The van der Waals surface area contributed by atoms with Gasteiger partial charge in [0.2, 0.25) is 0 Å². The van der Waals surface area contributed by atoms with Crippen LogP contribution >= 0.6 is 23.6 Å². The van der Waals surface area contributed by atoms with Gasteiger partial charge in [-0.05, 0) is 23.1 Å². The number of nitrogens with two attached hydrogens (primary N) is 1. The van der Waals surface area contributed by atoms with E-state index in [2.05, 4.69) is 20.9 Å². The van der Waals surface area contributed by atoms with Crippen molar-refractivity contribution in [3.05, 3.63) is 53.2 Å². The lowest BCUT2D eigenvalue weighted by Crippen LogP contribution is -2.18. The zero-order chi connectivity index (χ0) is 14.8. The average Bonchev–Trinajstić information content (AvgIpc) is 2.95. The Morgan fingerprint density at radius 1 is 1.33 bits per heavy atom. The molecule has 0 atom stereocenters. The first-order valence-corrected chi connectivity index (χ1v) is 7.72. The summed E-state index contributed by atoms with van der Waals surface area (Å²) < 4.78 is 1.10. The minimum absolute atomic E-state index is 0.419. The van der Waals surface area contributed by atoms with E-state index in [1.807, 2.05) is 36.7 Å². The van der Waals surface area contributed by atoms with Crippen LogP contribution in [0.4, 0.5) is 5.82 Å². The second kappa shape index (κ2) is 5.75. The first kappa shape index (κ1) is 13.9. The van der Waals surface area contributed by atoms with Gasteiger partial charge in [-0.2, -0.15) is 0 Å². The number of rotatable bonds is 4. The zero-order valence-electron chi connectivity index (χ0n) is 11.5. The molecule has 0 bridgehead atoms. The van der Waals surface area contributed by atoms with E-state index in [9.17, 15) is 0 Å². The summed E-state index contributed by atoms with van der Waals surface area (Å²) in [6, 6.07) is 9.98. The Labute approximate surface area is 132 Å². The van der Waals surface area contributed by atoms with Crippen molar-refractivity contribution in [2.45, 2.75) is 6.54 Å². The highest BCUT2D eigenvalue weighted by Crippen LogP contribution is 2.27. The highest BCUT2D eigenvalue weighted by Gasteiger charge is 2.10. The summed E-state index contributed by atoms with van der Waals surface area (Å²) in [6.45, 7) is 0.737. The van der Waals surface area contributed by atoms with Crippen LogP contribution in [0.25, 0.3) is 10.2 Å². The third-order valence-corrected chi connectivity index (χ3v) is 4.35. The molecule has 2 aromatic heterocycles. The quantitative estimate of drug-likeness (QED) is 0.750. The first-order valence-electron chi connectivity index (χ1n) is 6.43. The van der Waals surface area contributed by atoms with Crippen LogP contribution in [0.3, 0.4) is 0 Å². The van der Waals surface area contributed by atoms with Crippen molar-refractivity contribution in [1.29, 1.82) is 0 Å². The first-order chi connectivity index (χ1) is 10.1. The molecule has 21 heavy (non-hydrogen) atoms. The third-order valence-electron chi connectivity index (χ3n) is 3.22. The van der Waals surface area contributed by atoms with Crippen molar-refractivity contribution in [3.8, 4) is 0 Å². The van der Waals surface area contributed by atoms with Crippen molar-refractivity contribution < 1.29 is 0 Å². The molecule has 4 nitrogen and oxygen atoms in total. The lowest BCUT2D eigenvalue weighted by molar-refractivity contribution is 0.901. The molecule has 0 unspecified atom stereocenters. The Bertz CT molecular complexity index is 797. The normalized spacial score (nSPS) is 10.7. The predicted octanol–water partition coefficient (Wildman–Crippen LogP) is 2.96. The maximum atomic E-state index is 5.68. The number of thiophene rings is 1. The molecule has 0 fully saturated rings. The fourth-order valence-corrected chi connectivity index (χ4v) is 3.23. The van der Waals surface area contributed by atoms with Crippen molar-refractivity contribution >= 4 is 44.6 Å². The average molecular weight is 314 g/mol. The lowest BCUT2D eigenvalue weighted by Gasteiger charge is -2.19. The standard InChI is InChI=1S/C15H14N4S2/c1-19(8-10-3-2-4-11(7-10)14(16)20)15-13-12(5-6-21-13)17-9-18-15/h2-7,9H,8H2,1H3,(H2,16,20). The van der Waals surface area contributed by atoms with Crippen molar-refractivity contribution in [1.82, 2.24) is 9.97 Å². The van der Waals surface area contributed by atoms with Gasteiger partial charge in [0.15, 0.2) is 0 Å². The third kappa shape index (κ3) is 2.86. The molecule has 6 heteroatoms. The molecule has 0 aliphatic rings. The number of benzene rings is 1. The maximum absolute atomic E-state index is 5.68. The van der Waals surface area contributed by atoms with E-state index < -0.39 is 0 Å². The zero-order valence-corrected chi connectivity index (χ0v) is 13.1. The molecule has 106 valence electrons. The van der Waals surface area contributed by atoms with E-state index >= 15 is 0 Å². The molecular formula is C15H14N4S2. The molecule has 0 spiro atoms. The summed E-state index contributed by atoms with van der Waals surface area (Å²) in [4.78, 5) is 11.2. The van der Waals surface area contributed by atoms with Crippen LogP contribution < -0.4 is 10.6 Å². The van der Waals surface area contributed by atoms with Crippen LogP contribution in [0.2, 0.25) is 0 Å². The predicted molar refractivity (Wildman–Crippen MR) is 91.9 cm³/mol. The highest BCUT2D eigenvalue weighted by atomic mass is 32.1. The smallest absolute Gasteiger partial charge is 0.150 e. The monoisotopic (exact) mass is 314 g/mol. The van der Waals surface area contributed by atoms with Crippen LogP contribution in [-0.4, -0.2) is 22.0 Å². The number of hydrogen-bond donors (Lipinski definition) is 1. The molecule has 0 radical (unpaired) electrons. The number of aromatic nitrogens is 2. The van der Waals surface area contributed by atoms with Crippen LogP contribution in [-0.2, 0) is 6.54 Å². The van der Waals surface area contributed by atoms with E-state index in [-0.39, 0.29) is 0 Å². The highest BCUT2D eigenvalue weighted by molar-refractivity contribution is 7.80. The number of thiocarbonyl (C=S) groups is 1. The van der Waals surface area contributed by atoms with E-state index in [0.717, 1.165) is 33.7 Å². The lowest BCUT2D eigenvalue weighted by atomic mass is 10.1. The summed E-state index contributed by atoms with van der Waals surface area (Å²) in [7, 11) is 2.02. The minimum atomic E-state index is 0.419. The SMILES string of the molecule is CN(Cc1cccc(C(N)=S)c1)c1ncnc2ccsc12. The summed E-state index contributed by atoms with van der Waals surface area (Å²) in [5, 5.41) is 2.03. The van der Waals surface area contributed by atoms with E-state index in [0.29, 0.717) is 4.99 Å². The Morgan fingerprint density at radius 2 is 2.19 bits per heavy atom. The maximum Gasteiger partial charge on any atom is 0.150 e. The summed E-state index contributed by atoms with van der Waals surface area (Å²) in [6.07, 6.45) is 1.60. The molecule has 3 rings (SSSR count). The van der Waals surface area contributed by atoms with Gasteiger partial charge in [0.1, 0.15) is 17.1 Å². The molecule has 1 aromatic carbocycles. The number of hydrogen-bond acceptors (Lipinski definition) is 5. The van der Waals surface area contributed by atoms with Crippen LogP contribution in [0.5, 0.6) is 0 Å². The van der Waals surface area contributed by atoms with Crippen LogP contribution in [0, 0.1) is 0 Å². The second-order valence-corrected chi connectivity index (χ2v) is 6.11. The molecule has 0 aliphatic heterocycles. The van der Waals surface area contributed by atoms with Gasteiger partial charge in [0.05, 0.1) is 10.2 Å². The molecule has 0 amide bonds. The molecule has 0 saturated heterocycles. The second-order valence-electron chi connectivity index (χ2n) is 4.75. The van der Waals surface area contributed by atoms with Crippen LogP contribution in [0.15, 0.2) is 42.0 Å². The van der Waals surface area contributed by atoms with Crippen molar-refractivity contribution in [2.24, 2.45) is 5.73 Å². The molecule has 2 heterocycles. The van der Waals surface area contributed by atoms with Crippen LogP contribution in [0.1, 0.15) is 11.1 Å². The minimum Gasteiger partial charge on any atom is -0.389 e. The van der Waals surface area contributed by atoms with E-state index in [4.69, 9.17) is 18.0 Å². The summed E-state index contributed by atoms with van der Waals surface area (Å²) in [5.74, 6) is 0.940. The number of fused-ring (bicyclic) bond motifs is 1. The van der Waals surface area contributed by atoms with Gasteiger partial charge in [-0.3, -0.25) is 0 Å². The summed E-state index contributed by atoms with van der Waals surface area (Å²) >= 11 is 6.68. The fraction of sp³-hybridized carbons (Fsp3) is 0.133. The van der Waals surface area contributed by atoms with Gasteiger partial charge in [-0.15, -0.1) is 11.3 Å². The van der Waals surface area contributed by atoms with Gasteiger partial charge in [0.25, 0.3) is 0 Å². The molecule has 2 N–H and O–H groups in total. The van der Waals surface area contributed by atoms with Gasteiger partial charge in [-0.25, -0.2) is 9.97 Å². The molecule has 0 saturated carbocycles. The fourth-order valence-electron chi connectivity index (χ4n) is 2.22. The van der Waals surface area contributed by atoms with Gasteiger partial charge >= 0.3 is 0 Å². The molecule has 0 aliphatic carbocycles. The summed E-state index contributed by atoms with van der Waals surface area (Å²) in [5.41, 5.74) is 8.70. The van der Waals surface area contributed by atoms with Crippen molar-refractivity contribution in [2.75, 3.05) is 11.9 Å². The van der Waals surface area contributed by atoms with E-state index in [1.165, 1.54) is 0 Å². The molecular weight excluding hydrogens is 300 g/mol. The van der Waals surface area contributed by atoms with Crippen molar-refractivity contribution in [3.63, 3.8) is 0 Å². The number of nitrogens with zero attached hydrogens (tertiary/aromatic N) is 3. The van der Waals surface area contributed by atoms with Gasteiger partial charge < -0.3 is 10.6 Å². The van der Waals surface area contributed by atoms with Gasteiger partial charge in [0, 0.05) is 19.2 Å². The topological polar surface area (TPSA) is 55.0 Å². The van der Waals surface area contributed by atoms with Gasteiger partial charge in [-0.1, -0.05) is 30.4 Å². The van der Waals surface area contributed by atoms with E-state index in [1.54, 1.807) is 17.7 Å². The molecule has 3 aromatic rings. The largest absolute Gasteiger partial charge is 0.389 e. The Balaban J connectivity index is 1.89. The Morgan fingerprint density at radius 3 is 3.00 bits per heavy atom. The Kier molecular flexibility index (Phi) is 3.81. The number of anilines is 1.